The second-order valence-corrected chi connectivity index (χ2v) is 4.65. The highest BCUT2D eigenvalue weighted by atomic mass is 16.5. The van der Waals surface area contributed by atoms with Crippen LogP contribution in [-0.2, 0) is 4.74 Å². The molecule has 0 amide bonds. The van der Waals surface area contributed by atoms with Crippen LogP contribution >= 0.6 is 0 Å². The molecule has 0 heterocycles. The molecule has 0 radical (unpaired) electrons. The standard InChI is InChI=1S/C15H17NO/c16-10-17-9-15-13-7-3-1-5-11(13)12-6-2-4-8-14(12)15/h1-8,11,13,15H,9-10,16H2. The van der Waals surface area contributed by atoms with E-state index in [1.165, 1.54) is 11.1 Å². The number of hydrogen-bond donors (Lipinski definition) is 1. The number of nitrogens with two attached hydrogens (primary N) is 1. The molecule has 0 spiro atoms. The molecular formula is C15H17NO. The van der Waals surface area contributed by atoms with Crippen LogP contribution in [0.1, 0.15) is 23.0 Å². The van der Waals surface area contributed by atoms with Gasteiger partial charge in [0.2, 0.25) is 0 Å². The summed E-state index contributed by atoms with van der Waals surface area (Å²) in [5, 5.41) is 0. The van der Waals surface area contributed by atoms with Crippen molar-refractivity contribution in [2.45, 2.75) is 11.8 Å². The number of fused-ring (bicyclic) bond motifs is 3. The van der Waals surface area contributed by atoms with Crippen molar-refractivity contribution in [2.24, 2.45) is 11.7 Å². The maximum atomic E-state index is 5.44. The first-order valence-electron chi connectivity index (χ1n) is 6.13. The monoisotopic (exact) mass is 227 g/mol. The first kappa shape index (κ1) is 10.8. The largest absolute Gasteiger partial charge is 0.366 e. The van der Waals surface area contributed by atoms with E-state index >= 15 is 0 Å². The van der Waals surface area contributed by atoms with Gasteiger partial charge in [0, 0.05) is 11.8 Å². The summed E-state index contributed by atoms with van der Waals surface area (Å²) in [7, 11) is 0. The molecule has 88 valence electrons. The van der Waals surface area contributed by atoms with Crippen molar-refractivity contribution in [1.82, 2.24) is 0 Å². The number of rotatable bonds is 3. The Kier molecular flexibility index (Phi) is 2.83. The molecule has 0 aromatic heterocycles. The van der Waals surface area contributed by atoms with Crippen LogP contribution in [0.2, 0.25) is 0 Å². The highest BCUT2D eigenvalue weighted by Crippen LogP contribution is 2.49. The lowest BCUT2D eigenvalue weighted by molar-refractivity contribution is 0.117. The Morgan fingerprint density at radius 2 is 1.82 bits per heavy atom. The van der Waals surface area contributed by atoms with Gasteiger partial charge in [0.1, 0.15) is 0 Å². The summed E-state index contributed by atoms with van der Waals surface area (Å²) in [5.74, 6) is 1.49. The molecule has 0 aliphatic heterocycles. The summed E-state index contributed by atoms with van der Waals surface area (Å²) in [5.41, 5.74) is 8.31. The molecular weight excluding hydrogens is 210 g/mol. The molecule has 1 aromatic rings. The van der Waals surface area contributed by atoms with E-state index in [0.717, 1.165) is 0 Å². The average Bonchev–Trinajstić information content (AvgIpc) is 2.71. The van der Waals surface area contributed by atoms with E-state index in [0.29, 0.717) is 31.1 Å². The number of ether oxygens (including phenoxy) is 1. The van der Waals surface area contributed by atoms with Gasteiger partial charge in [-0.1, -0.05) is 48.6 Å². The fourth-order valence-electron chi connectivity index (χ4n) is 3.08. The molecule has 3 rings (SSSR count). The molecule has 0 saturated heterocycles. The third-order valence-corrected chi connectivity index (χ3v) is 3.81. The highest BCUT2D eigenvalue weighted by molar-refractivity contribution is 5.46. The second kappa shape index (κ2) is 4.47. The summed E-state index contributed by atoms with van der Waals surface area (Å²) in [6, 6.07) is 8.69. The number of allylic oxidation sites excluding steroid dienone is 4. The van der Waals surface area contributed by atoms with E-state index in [2.05, 4.69) is 48.6 Å². The minimum absolute atomic E-state index is 0.301. The third-order valence-electron chi connectivity index (χ3n) is 3.81. The maximum absolute atomic E-state index is 5.44. The van der Waals surface area contributed by atoms with Crippen LogP contribution in [0.25, 0.3) is 0 Å². The smallest absolute Gasteiger partial charge is 0.0940 e. The van der Waals surface area contributed by atoms with E-state index < -0.39 is 0 Å². The van der Waals surface area contributed by atoms with Crippen molar-refractivity contribution in [1.29, 1.82) is 0 Å². The maximum Gasteiger partial charge on any atom is 0.0940 e. The molecule has 3 unspecified atom stereocenters. The third kappa shape index (κ3) is 1.74. The minimum atomic E-state index is 0.301. The Labute approximate surface area is 102 Å². The van der Waals surface area contributed by atoms with E-state index in [9.17, 15) is 0 Å². The fraction of sp³-hybridized carbons (Fsp3) is 0.333. The lowest BCUT2D eigenvalue weighted by atomic mass is 9.84. The van der Waals surface area contributed by atoms with Crippen molar-refractivity contribution in [2.75, 3.05) is 13.3 Å². The van der Waals surface area contributed by atoms with Crippen molar-refractivity contribution >= 4 is 0 Å². The zero-order valence-corrected chi connectivity index (χ0v) is 9.75. The Morgan fingerprint density at radius 3 is 2.65 bits per heavy atom. The zero-order valence-electron chi connectivity index (χ0n) is 9.75. The molecule has 0 saturated carbocycles. The van der Waals surface area contributed by atoms with Crippen LogP contribution < -0.4 is 5.73 Å². The highest BCUT2D eigenvalue weighted by Gasteiger charge is 2.38. The van der Waals surface area contributed by atoms with Gasteiger partial charge in [-0.15, -0.1) is 0 Å². The van der Waals surface area contributed by atoms with Crippen molar-refractivity contribution in [3.05, 3.63) is 59.7 Å². The van der Waals surface area contributed by atoms with Crippen LogP contribution in [0.5, 0.6) is 0 Å². The molecule has 0 fully saturated rings. The van der Waals surface area contributed by atoms with Gasteiger partial charge in [-0.3, -0.25) is 0 Å². The van der Waals surface area contributed by atoms with Gasteiger partial charge in [0.25, 0.3) is 0 Å². The number of benzene rings is 1. The van der Waals surface area contributed by atoms with E-state index in [4.69, 9.17) is 10.5 Å². The minimum Gasteiger partial charge on any atom is -0.366 e. The summed E-state index contributed by atoms with van der Waals surface area (Å²) in [6.45, 7) is 1.02. The lowest BCUT2D eigenvalue weighted by Gasteiger charge is -2.22. The zero-order chi connectivity index (χ0) is 11.7. The van der Waals surface area contributed by atoms with Gasteiger partial charge in [0.05, 0.1) is 13.3 Å². The summed E-state index contributed by atoms with van der Waals surface area (Å²) in [6.07, 6.45) is 8.88. The van der Waals surface area contributed by atoms with Crippen LogP contribution in [0.4, 0.5) is 0 Å². The van der Waals surface area contributed by atoms with Gasteiger partial charge in [-0.25, -0.2) is 0 Å². The molecule has 2 N–H and O–H groups in total. The van der Waals surface area contributed by atoms with E-state index in [1.807, 2.05) is 0 Å². The summed E-state index contributed by atoms with van der Waals surface area (Å²) in [4.78, 5) is 0. The van der Waals surface area contributed by atoms with Gasteiger partial charge >= 0.3 is 0 Å². The Bertz CT molecular complexity index is 464. The molecule has 3 atom stereocenters. The molecule has 2 heteroatoms. The predicted octanol–water partition coefficient (Wildman–Crippen LogP) is 2.54. The second-order valence-electron chi connectivity index (χ2n) is 4.65. The molecule has 1 aromatic carbocycles. The topological polar surface area (TPSA) is 35.2 Å². The van der Waals surface area contributed by atoms with Crippen molar-refractivity contribution < 1.29 is 4.74 Å². The Hall–Kier alpha value is -1.38. The van der Waals surface area contributed by atoms with E-state index in [1.54, 1.807) is 0 Å². The van der Waals surface area contributed by atoms with Crippen molar-refractivity contribution in [3.63, 3.8) is 0 Å². The van der Waals surface area contributed by atoms with Crippen LogP contribution in [0.15, 0.2) is 48.6 Å². The quantitative estimate of drug-likeness (QED) is 0.805. The normalized spacial score (nSPS) is 29.1. The summed E-state index contributed by atoms with van der Waals surface area (Å²) < 4.78 is 5.44. The van der Waals surface area contributed by atoms with Gasteiger partial charge < -0.3 is 10.5 Å². The SMILES string of the molecule is NCOCC1c2ccccc2C2C=CC=CC21. The summed E-state index contributed by atoms with van der Waals surface area (Å²) >= 11 is 0. The average molecular weight is 227 g/mol. The lowest BCUT2D eigenvalue weighted by Crippen LogP contribution is -2.17. The fourth-order valence-corrected chi connectivity index (χ4v) is 3.08. The predicted molar refractivity (Wildman–Crippen MR) is 68.7 cm³/mol. The molecule has 2 aliphatic rings. The van der Waals surface area contributed by atoms with Gasteiger partial charge in [-0.05, 0) is 17.0 Å². The Balaban J connectivity index is 1.98. The first-order valence-corrected chi connectivity index (χ1v) is 6.13. The first-order chi connectivity index (χ1) is 8.42. The van der Waals surface area contributed by atoms with E-state index in [-0.39, 0.29) is 0 Å². The molecule has 2 aliphatic carbocycles. The molecule has 0 bridgehead atoms. The molecule has 17 heavy (non-hydrogen) atoms. The van der Waals surface area contributed by atoms with Crippen LogP contribution in [-0.4, -0.2) is 13.3 Å². The van der Waals surface area contributed by atoms with Gasteiger partial charge in [-0.2, -0.15) is 0 Å². The molecule has 2 nitrogen and oxygen atoms in total. The van der Waals surface area contributed by atoms with Crippen LogP contribution in [0.3, 0.4) is 0 Å². The van der Waals surface area contributed by atoms with Crippen LogP contribution in [0, 0.1) is 5.92 Å². The van der Waals surface area contributed by atoms with Gasteiger partial charge in [0.15, 0.2) is 0 Å². The Morgan fingerprint density at radius 1 is 1.06 bits per heavy atom. The number of hydrogen-bond acceptors (Lipinski definition) is 2. The van der Waals surface area contributed by atoms with Crippen molar-refractivity contribution in [3.8, 4) is 0 Å².